The Morgan fingerprint density at radius 3 is 2.38 bits per heavy atom. The maximum atomic E-state index is 5.51. The second-order valence-electron chi connectivity index (χ2n) is 5.12. The van der Waals surface area contributed by atoms with Gasteiger partial charge in [-0.3, -0.25) is 4.98 Å². The van der Waals surface area contributed by atoms with Gasteiger partial charge in [-0.1, -0.05) is 0 Å². The van der Waals surface area contributed by atoms with E-state index in [4.69, 9.17) is 8.83 Å². The van der Waals surface area contributed by atoms with Crippen LogP contribution in [-0.4, -0.2) is 15.0 Å². The van der Waals surface area contributed by atoms with Gasteiger partial charge in [0.05, 0.1) is 18.1 Å². The van der Waals surface area contributed by atoms with Crippen molar-refractivity contribution in [2.75, 3.05) is 5.32 Å². The first-order valence-electron chi connectivity index (χ1n) is 7.48. The lowest BCUT2D eigenvalue weighted by Crippen LogP contribution is -2.04. The van der Waals surface area contributed by atoms with Crippen molar-refractivity contribution in [3.8, 4) is 22.8 Å². The van der Waals surface area contributed by atoms with Gasteiger partial charge in [0, 0.05) is 25.1 Å². The van der Waals surface area contributed by atoms with Gasteiger partial charge in [-0.15, -0.1) is 0 Å². The number of pyridine rings is 1. The van der Waals surface area contributed by atoms with Crippen LogP contribution in [0.2, 0.25) is 0 Å². The highest BCUT2D eigenvalue weighted by atomic mass is 16.3. The van der Waals surface area contributed by atoms with Crippen LogP contribution in [0.1, 0.15) is 5.56 Å². The quantitative estimate of drug-likeness (QED) is 0.599. The highest BCUT2D eigenvalue weighted by Crippen LogP contribution is 2.31. The molecule has 0 aliphatic heterocycles. The molecule has 0 radical (unpaired) electrons. The molecule has 118 valence electrons. The Morgan fingerprint density at radius 1 is 0.917 bits per heavy atom. The van der Waals surface area contributed by atoms with Crippen molar-refractivity contribution < 1.29 is 8.83 Å². The summed E-state index contributed by atoms with van der Waals surface area (Å²) in [7, 11) is 0. The second-order valence-corrected chi connectivity index (χ2v) is 5.12. The van der Waals surface area contributed by atoms with E-state index >= 15 is 0 Å². The minimum atomic E-state index is 0.522. The van der Waals surface area contributed by atoms with E-state index in [1.54, 1.807) is 31.1 Å². The topological polar surface area (TPSA) is 77.0 Å². The third-order valence-electron chi connectivity index (χ3n) is 3.53. The molecular formula is C18H14N4O2. The molecule has 0 amide bonds. The van der Waals surface area contributed by atoms with Gasteiger partial charge < -0.3 is 14.2 Å². The van der Waals surface area contributed by atoms with Crippen LogP contribution in [0.3, 0.4) is 0 Å². The zero-order valence-electron chi connectivity index (χ0n) is 12.7. The third-order valence-corrected chi connectivity index (χ3v) is 3.53. The Balaban J connectivity index is 1.66. The number of hydrogen-bond donors (Lipinski definition) is 1. The molecule has 4 rings (SSSR count). The number of anilines is 1. The van der Waals surface area contributed by atoms with E-state index in [2.05, 4.69) is 20.3 Å². The zero-order chi connectivity index (χ0) is 16.2. The normalized spacial score (nSPS) is 10.7. The first-order chi connectivity index (χ1) is 11.9. The van der Waals surface area contributed by atoms with Crippen LogP contribution in [0.25, 0.3) is 22.8 Å². The molecule has 0 spiro atoms. The molecule has 4 heterocycles. The Labute approximate surface area is 138 Å². The fraction of sp³-hybridized carbons (Fsp3) is 0.0556. The molecule has 4 aromatic rings. The Morgan fingerprint density at radius 2 is 1.67 bits per heavy atom. The van der Waals surface area contributed by atoms with Crippen molar-refractivity contribution in [1.82, 2.24) is 15.0 Å². The lowest BCUT2D eigenvalue weighted by Gasteiger charge is -2.08. The predicted molar refractivity (Wildman–Crippen MR) is 89.0 cm³/mol. The minimum Gasteiger partial charge on any atom is -0.464 e. The van der Waals surface area contributed by atoms with Crippen molar-refractivity contribution in [2.45, 2.75) is 6.54 Å². The summed E-state index contributed by atoms with van der Waals surface area (Å²) in [5.74, 6) is 1.88. The molecule has 0 bridgehead atoms. The SMILES string of the molecule is c1coc(-c2cnc(NCc3ccncc3)nc2-c2ccco2)c1. The van der Waals surface area contributed by atoms with Gasteiger partial charge >= 0.3 is 0 Å². The Bertz CT molecular complexity index is 904. The van der Waals surface area contributed by atoms with E-state index < -0.39 is 0 Å². The van der Waals surface area contributed by atoms with E-state index in [1.165, 1.54) is 0 Å². The highest BCUT2D eigenvalue weighted by molar-refractivity contribution is 5.75. The third kappa shape index (κ3) is 2.89. The van der Waals surface area contributed by atoms with Gasteiger partial charge in [-0.05, 0) is 42.0 Å². The molecule has 0 saturated carbocycles. The first-order valence-corrected chi connectivity index (χ1v) is 7.48. The summed E-state index contributed by atoms with van der Waals surface area (Å²) in [6.07, 6.45) is 8.49. The number of nitrogens with one attached hydrogen (secondary N) is 1. The molecule has 0 aliphatic carbocycles. The highest BCUT2D eigenvalue weighted by Gasteiger charge is 2.15. The molecule has 24 heavy (non-hydrogen) atoms. The minimum absolute atomic E-state index is 0.522. The summed E-state index contributed by atoms with van der Waals surface area (Å²) in [6.45, 7) is 0.611. The van der Waals surface area contributed by atoms with Crippen molar-refractivity contribution >= 4 is 5.95 Å². The first kappa shape index (κ1) is 14.2. The van der Waals surface area contributed by atoms with E-state index in [1.807, 2.05) is 36.4 Å². The van der Waals surface area contributed by atoms with Gasteiger partial charge in [0.2, 0.25) is 5.95 Å². The van der Waals surface area contributed by atoms with Gasteiger partial charge in [-0.2, -0.15) is 0 Å². The van der Waals surface area contributed by atoms with Crippen LogP contribution in [0, 0.1) is 0 Å². The van der Waals surface area contributed by atoms with Crippen LogP contribution in [0.4, 0.5) is 5.95 Å². The smallest absolute Gasteiger partial charge is 0.223 e. The summed E-state index contributed by atoms with van der Waals surface area (Å²) < 4.78 is 11.0. The predicted octanol–water partition coefficient (Wildman–Crippen LogP) is 4.00. The molecule has 0 fully saturated rings. The molecule has 4 aromatic heterocycles. The number of nitrogens with zero attached hydrogens (tertiary/aromatic N) is 3. The van der Waals surface area contributed by atoms with Crippen LogP contribution >= 0.6 is 0 Å². The van der Waals surface area contributed by atoms with E-state index in [0.29, 0.717) is 29.7 Å². The molecule has 0 unspecified atom stereocenters. The summed E-state index contributed by atoms with van der Waals surface area (Å²) in [4.78, 5) is 13.0. The summed E-state index contributed by atoms with van der Waals surface area (Å²) in [6, 6.07) is 11.3. The summed E-state index contributed by atoms with van der Waals surface area (Å²) >= 11 is 0. The van der Waals surface area contributed by atoms with Gasteiger partial charge in [-0.25, -0.2) is 9.97 Å². The van der Waals surface area contributed by atoms with Gasteiger partial charge in [0.15, 0.2) is 5.76 Å². The fourth-order valence-electron chi connectivity index (χ4n) is 2.36. The van der Waals surface area contributed by atoms with E-state index in [0.717, 1.165) is 11.1 Å². The molecule has 0 aliphatic rings. The maximum absolute atomic E-state index is 5.51. The van der Waals surface area contributed by atoms with Crippen LogP contribution < -0.4 is 5.32 Å². The summed E-state index contributed by atoms with van der Waals surface area (Å²) in [5.41, 5.74) is 2.56. The van der Waals surface area contributed by atoms with Crippen molar-refractivity contribution in [3.63, 3.8) is 0 Å². The fourth-order valence-corrected chi connectivity index (χ4v) is 2.36. The number of furan rings is 2. The lowest BCUT2D eigenvalue weighted by molar-refractivity contribution is 0.573. The van der Waals surface area contributed by atoms with Crippen molar-refractivity contribution in [2.24, 2.45) is 0 Å². The maximum Gasteiger partial charge on any atom is 0.223 e. The lowest BCUT2D eigenvalue weighted by atomic mass is 10.1. The molecular weight excluding hydrogens is 304 g/mol. The van der Waals surface area contributed by atoms with Gasteiger partial charge in [0.25, 0.3) is 0 Å². The standard InChI is InChI=1S/C18H14N4O2/c1-3-15(23-9-1)14-12-21-18(20-11-13-5-7-19-8-6-13)22-17(14)16-4-2-10-24-16/h1-10,12H,11H2,(H,20,21,22). The van der Waals surface area contributed by atoms with E-state index in [-0.39, 0.29) is 0 Å². The van der Waals surface area contributed by atoms with Crippen LogP contribution in [0.5, 0.6) is 0 Å². The number of hydrogen-bond acceptors (Lipinski definition) is 6. The van der Waals surface area contributed by atoms with Crippen molar-refractivity contribution in [1.29, 1.82) is 0 Å². The van der Waals surface area contributed by atoms with Crippen LogP contribution in [0.15, 0.2) is 76.3 Å². The number of aromatic nitrogens is 3. The monoisotopic (exact) mass is 318 g/mol. The molecule has 0 atom stereocenters. The van der Waals surface area contributed by atoms with Gasteiger partial charge in [0.1, 0.15) is 11.5 Å². The molecule has 1 N–H and O–H groups in total. The zero-order valence-corrected chi connectivity index (χ0v) is 12.7. The van der Waals surface area contributed by atoms with E-state index in [9.17, 15) is 0 Å². The largest absolute Gasteiger partial charge is 0.464 e. The molecule has 0 saturated heterocycles. The summed E-state index contributed by atoms with van der Waals surface area (Å²) in [5, 5.41) is 3.21. The Kier molecular flexibility index (Phi) is 3.77. The molecule has 6 heteroatoms. The number of rotatable bonds is 5. The van der Waals surface area contributed by atoms with Crippen LogP contribution in [-0.2, 0) is 6.54 Å². The average molecular weight is 318 g/mol. The average Bonchev–Trinajstić information content (AvgIpc) is 3.34. The molecule has 6 nitrogen and oxygen atoms in total. The second kappa shape index (κ2) is 6.37. The molecule has 0 aromatic carbocycles. The van der Waals surface area contributed by atoms with Crippen molar-refractivity contribution in [3.05, 3.63) is 73.1 Å². The Hall–Kier alpha value is -3.41.